The van der Waals surface area contributed by atoms with E-state index in [0.29, 0.717) is 23.1 Å². The second-order valence-corrected chi connectivity index (χ2v) is 11.1. The van der Waals surface area contributed by atoms with Gasteiger partial charge in [-0.1, -0.05) is 12.0 Å². The van der Waals surface area contributed by atoms with Gasteiger partial charge in [-0.2, -0.15) is 13.2 Å². The van der Waals surface area contributed by atoms with Crippen LogP contribution in [0.15, 0.2) is 53.4 Å². The van der Waals surface area contributed by atoms with E-state index >= 15 is 0 Å². The SMILES string of the molecule is CNC(=O)CN1CCC(Nc2cccc3c2cc(C#CCNc2ccc(S(N)(=O)=O)cc2)n3CC(F)(F)F)CC1. The molecule has 1 aliphatic rings. The molecule has 1 saturated heterocycles. The van der Waals surface area contributed by atoms with Gasteiger partial charge in [-0.3, -0.25) is 9.69 Å². The summed E-state index contributed by atoms with van der Waals surface area (Å²) in [5, 5.41) is 14.9. The zero-order valence-corrected chi connectivity index (χ0v) is 22.7. The van der Waals surface area contributed by atoms with Crippen molar-refractivity contribution in [1.82, 2.24) is 14.8 Å². The standard InChI is InChI=1S/C27H31F3N6O3S/c1-32-26(37)17-35-14-11-20(12-15-35)34-24-5-2-6-25-23(24)16-21(36(25)18-27(28,29)30)4-3-13-33-19-7-9-22(10-8-19)40(31,38)39/h2,5-10,16,20,33-34H,11-15,17-18H2,1H3,(H,32,37)(H2,31,38,39). The molecule has 2 heterocycles. The highest BCUT2D eigenvalue weighted by Crippen LogP contribution is 2.31. The number of likely N-dealkylation sites (N-methyl/N-ethyl adjacent to an activating group) is 1. The smallest absolute Gasteiger partial charge is 0.382 e. The van der Waals surface area contributed by atoms with E-state index in [1.807, 2.05) is 6.07 Å². The lowest BCUT2D eigenvalue weighted by molar-refractivity contribution is -0.140. The number of anilines is 2. The van der Waals surface area contributed by atoms with Crippen molar-refractivity contribution in [2.24, 2.45) is 5.14 Å². The number of nitrogens with zero attached hydrogens (tertiary/aromatic N) is 2. The molecule has 1 fully saturated rings. The van der Waals surface area contributed by atoms with Crippen LogP contribution in [0.3, 0.4) is 0 Å². The molecule has 40 heavy (non-hydrogen) atoms. The van der Waals surface area contributed by atoms with Crippen molar-refractivity contribution in [1.29, 1.82) is 0 Å². The molecule has 1 aromatic heterocycles. The summed E-state index contributed by atoms with van der Waals surface area (Å²) in [7, 11) is -2.20. The van der Waals surface area contributed by atoms with E-state index in [1.54, 1.807) is 25.2 Å². The molecule has 5 N–H and O–H groups in total. The van der Waals surface area contributed by atoms with Crippen LogP contribution < -0.4 is 21.1 Å². The van der Waals surface area contributed by atoms with Gasteiger partial charge < -0.3 is 20.5 Å². The van der Waals surface area contributed by atoms with Crippen LogP contribution in [0, 0.1) is 11.8 Å². The van der Waals surface area contributed by atoms with Crippen molar-refractivity contribution in [2.45, 2.75) is 36.5 Å². The predicted molar refractivity (Wildman–Crippen MR) is 148 cm³/mol. The van der Waals surface area contributed by atoms with Crippen molar-refractivity contribution in [3.05, 3.63) is 54.2 Å². The Morgan fingerprint density at radius 2 is 1.82 bits per heavy atom. The molecule has 13 heteroatoms. The summed E-state index contributed by atoms with van der Waals surface area (Å²) in [6.07, 6.45) is -2.84. The van der Waals surface area contributed by atoms with Crippen LogP contribution in [0.1, 0.15) is 18.5 Å². The molecule has 0 bridgehead atoms. The Morgan fingerprint density at radius 1 is 1.12 bits per heavy atom. The first-order valence-corrected chi connectivity index (χ1v) is 14.2. The number of fused-ring (bicyclic) bond motifs is 1. The molecule has 9 nitrogen and oxygen atoms in total. The summed E-state index contributed by atoms with van der Waals surface area (Å²) in [5.41, 5.74) is 1.98. The number of aromatic nitrogens is 1. The third-order valence-corrected chi connectivity index (χ3v) is 7.59. The number of sulfonamides is 1. The van der Waals surface area contributed by atoms with Crippen molar-refractivity contribution >= 4 is 38.2 Å². The number of rotatable bonds is 8. The Labute approximate surface area is 230 Å². The number of nitrogens with one attached hydrogen (secondary N) is 3. The minimum Gasteiger partial charge on any atom is -0.382 e. The zero-order chi connectivity index (χ0) is 28.9. The number of likely N-dealkylation sites (tertiary alicyclic amines) is 1. The van der Waals surface area contributed by atoms with Gasteiger partial charge in [0.15, 0.2) is 0 Å². The van der Waals surface area contributed by atoms with E-state index < -0.39 is 22.7 Å². The Hall–Kier alpha value is -3.73. The van der Waals surface area contributed by atoms with Gasteiger partial charge in [0.2, 0.25) is 15.9 Å². The quantitative estimate of drug-likeness (QED) is 0.306. The number of carbonyl (C=O) groups is 1. The molecular weight excluding hydrogens is 545 g/mol. The van der Waals surface area contributed by atoms with E-state index in [4.69, 9.17) is 5.14 Å². The largest absolute Gasteiger partial charge is 0.406 e. The number of benzene rings is 2. The Morgan fingerprint density at radius 3 is 2.45 bits per heavy atom. The monoisotopic (exact) mass is 576 g/mol. The van der Waals surface area contributed by atoms with E-state index in [0.717, 1.165) is 31.6 Å². The van der Waals surface area contributed by atoms with E-state index in [1.165, 1.54) is 28.8 Å². The van der Waals surface area contributed by atoms with Gasteiger partial charge in [0.25, 0.3) is 0 Å². The van der Waals surface area contributed by atoms with Crippen molar-refractivity contribution in [2.75, 3.05) is 43.9 Å². The number of halogens is 3. The molecule has 0 spiro atoms. The van der Waals surface area contributed by atoms with Crippen LogP contribution >= 0.6 is 0 Å². The highest BCUT2D eigenvalue weighted by molar-refractivity contribution is 7.89. The maximum absolute atomic E-state index is 13.5. The number of piperidine rings is 1. The fourth-order valence-corrected chi connectivity index (χ4v) is 5.16. The van der Waals surface area contributed by atoms with Gasteiger partial charge in [0.05, 0.1) is 29.2 Å². The van der Waals surface area contributed by atoms with Gasteiger partial charge in [0.1, 0.15) is 6.54 Å². The lowest BCUT2D eigenvalue weighted by Gasteiger charge is -2.32. The fraction of sp³-hybridized carbons (Fsp3) is 0.370. The molecule has 3 aromatic rings. The van der Waals surface area contributed by atoms with Crippen LogP contribution in [0.25, 0.3) is 10.9 Å². The Kier molecular flexibility index (Phi) is 8.92. The number of amides is 1. The number of primary sulfonamides is 1. The van der Waals surface area contributed by atoms with E-state index in [9.17, 15) is 26.4 Å². The first-order valence-electron chi connectivity index (χ1n) is 12.7. The normalized spacial score (nSPS) is 14.9. The molecule has 4 rings (SSSR count). The topological polar surface area (TPSA) is 121 Å². The van der Waals surface area contributed by atoms with Gasteiger partial charge in [-0.05, 0) is 61.2 Å². The molecular formula is C27H31F3N6O3S. The highest BCUT2D eigenvalue weighted by Gasteiger charge is 2.30. The van der Waals surface area contributed by atoms with Crippen LogP contribution in [-0.2, 0) is 21.4 Å². The molecule has 1 amide bonds. The average molecular weight is 577 g/mol. The lowest BCUT2D eigenvalue weighted by Crippen LogP contribution is -2.43. The predicted octanol–water partition coefficient (Wildman–Crippen LogP) is 2.94. The molecule has 214 valence electrons. The maximum atomic E-state index is 13.5. The third-order valence-electron chi connectivity index (χ3n) is 6.66. The van der Waals surface area contributed by atoms with E-state index in [-0.39, 0.29) is 29.1 Å². The second kappa shape index (κ2) is 12.2. The van der Waals surface area contributed by atoms with Crippen molar-refractivity contribution < 1.29 is 26.4 Å². The maximum Gasteiger partial charge on any atom is 0.406 e. The Bertz CT molecular complexity index is 1520. The lowest BCUT2D eigenvalue weighted by atomic mass is 10.0. The summed E-state index contributed by atoms with van der Waals surface area (Å²) >= 11 is 0. The molecule has 2 aromatic carbocycles. The van der Waals surface area contributed by atoms with Crippen molar-refractivity contribution in [3.8, 4) is 11.8 Å². The summed E-state index contributed by atoms with van der Waals surface area (Å²) in [6.45, 7) is 0.776. The average Bonchev–Trinajstić information content (AvgIpc) is 3.24. The number of nitrogens with two attached hydrogens (primary N) is 1. The van der Waals surface area contributed by atoms with E-state index in [2.05, 4.69) is 32.7 Å². The fourth-order valence-electron chi connectivity index (χ4n) is 4.64. The van der Waals surface area contributed by atoms with Crippen molar-refractivity contribution in [3.63, 3.8) is 0 Å². The minimum atomic E-state index is -4.44. The number of hydrogen-bond acceptors (Lipinski definition) is 6. The van der Waals surface area contributed by atoms with Gasteiger partial charge in [-0.25, -0.2) is 13.6 Å². The highest BCUT2D eigenvalue weighted by atomic mass is 32.2. The summed E-state index contributed by atoms with van der Waals surface area (Å²) in [4.78, 5) is 13.7. The van der Waals surface area contributed by atoms with Gasteiger partial charge in [0, 0.05) is 42.9 Å². The molecule has 0 aliphatic carbocycles. The number of carbonyl (C=O) groups excluding carboxylic acids is 1. The number of hydrogen-bond donors (Lipinski definition) is 4. The van der Waals surface area contributed by atoms with Crippen LogP contribution in [-0.4, -0.2) is 69.2 Å². The molecule has 0 unspecified atom stereocenters. The van der Waals surface area contributed by atoms with Gasteiger partial charge >= 0.3 is 6.18 Å². The van der Waals surface area contributed by atoms with Crippen LogP contribution in [0.2, 0.25) is 0 Å². The van der Waals surface area contributed by atoms with Gasteiger partial charge in [-0.15, -0.1) is 0 Å². The Balaban J connectivity index is 1.50. The second-order valence-electron chi connectivity index (χ2n) is 9.56. The number of alkyl halides is 3. The zero-order valence-electron chi connectivity index (χ0n) is 21.9. The molecule has 0 saturated carbocycles. The minimum absolute atomic E-state index is 0.0281. The molecule has 0 atom stereocenters. The first kappa shape index (κ1) is 29.3. The van der Waals surface area contributed by atoms with Crippen LogP contribution in [0.5, 0.6) is 0 Å². The third kappa shape index (κ3) is 7.68. The summed E-state index contributed by atoms with van der Waals surface area (Å²) in [6, 6.07) is 12.8. The summed E-state index contributed by atoms with van der Waals surface area (Å²) in [5.74, 6) is 5.68. The van der Waals surface area contributed by atoms with Crippen LogP contribution in [0.4, 0.5) is 24.5 Å². The first-order chi connectivity index (χ1) is 18.9. The summed E-state index contributed by atoms with van der Waals surface area (Å²) < 4.78 is 64.4. The molecule has 1 aliphatic heterocycles. The molecule has 0 radical (unpaired) electrons.